The Labute approximate surface area is 114 Å². The van der Waals surface area contributed by atoms with Crippen LogP contribution in [0.1, 0.15) is 30.0 Å². The Kier molecular flexibility index (Phi) is 4.13. The summed E-state index contributed by atoms with van der Waals surface area (Å²) in [6, 6.07) is 0.125. The Hall–Kier alpha value is -1.21. The highest BCUT2D eigenvalue weighted by atomic mass is 79.9. The highest BCUT2D eigenvalue weighted by molar-refractivity contribution is 9.10. The summed E-state index contributed by atoms with van der Waals surface area (Å²) in [5.74, 6) is 0. The minimum absolute atomic E-state index is 0.125. The second-order valence-electron chi connectivity index (χ2n) is 4.12. The van der Waals surface area contributed by atoms with Crippen molar-refractivity contribution in [2.45, 2.75) is 25.8 Å². The molecule has 98 valence electrons. The maximum absolute atomic E-state index is 4.50. The van der Waals surface area contributed by atoms with Crippen LogP contribution in [-0.4, -0.2) is 32.2 Å². The van der Waals surface area contributed by atoms with Crippen LogP contribution >= 0.6 is 15.9 Å². The van der Waals surface area contributed by atoms with Crippen LogP contribution in [0.3, 0.4) is 0 Å². The molecule has 0 aliphatic carbocycles. The predicted octanol–water partition coefficient (Wildman–Crippen LogP) is 1.37. The minimum Gasteiger partial charge on any atom is -0.311 e. The second-order valence-corrected chi connectivity index (χ2v) is 4.92. The van der Waals surface area contributed by atoms with Crippen molar-refractivity contribution in [1.29, 1.82) is 0 Å². The van der Waals surface area contributed by atoms with Crippen LogP contribution in [0.2, 0.25) is 0 Å². The molecule has 2 N–H and O–H groups in total. The van der Waals surface area contributed by atoms with E-state index in [-0.39, 0.29) is 6.04 Å². The lowest BCUT2D eigenvalue weighted by atomic mass is 10.1. The van der Waals surface area contributed by atoms with Gasteiger partial charge in [0.25, 0.3) is 0 Å². The third-order valence-corrected chi connectivity index (χ3v) is 3.95. The van der Waals surface area contributed by atoms with E-state index in [9.17, 15) is 0 Å². The summed E-state index contributed by atoms with van der Waals surface area (Å²) in [6.45, 7) is 2.10. The number of nitrogens with one attached hydrogen (secondary N) is 2. The fraction of sp³-hybridized carbons (Fsp3) is 0.545. The van der Waals surface area contributed by atoms with Gasteiger partial charge in [-0.1, -0.05) is 6.92 Å². The molecule has 0 spiro atoms. The summed E-state index contributed by atoms with van der Waals surface area (Å²) >= 11 is 3.63. The van der Waals surface area contributed by atoms with Gasteiger partial charge in [-0.25, -0.2) is 0 Å². The first kappa shape index (κ1) is 13.2. The zero-order valence-corrected chi connectivity index (χ0v) is 12.3. The Morgan fingerprint density at radius 3 is 2.83 bits per heavy atom. The summed E-state index contributed by atoms with van der Waals surface area (Å²) in [5, 5.41) is 18.4. The number of aromatic nitrogens is 5. The molecule has 1 atom stereocenters. The van der Waals surface area contributed by atoms with Crippen molar-refractivity contribution in [3.63, 3.8) is 0 Å². The maximum atomic E-state index is 4.50. The van der Waals surface area contributed by atoms with E-state index < -0.39 is 0 Å². The summed E-state index contributed by atoms with van der Waals surface area (Å²) in [5.41, 5.74) is 3.15. The molecule has 0 amide bonds. The molecule has 6 nitrogen and oxygen atoms in total. The first-order chi connectivity index (χ1) is 8.67. The van der Waals surface area contributed by atoms with Crippen molar-refractivity contribution < 1.29 is 0 Å². The van der Waals surface area contributed by atoms with Crippen molar-refractivity contribution >= 4 is 15.9 Å². The van der Waals surface area contributed by atoms with Crippen molar-refractivity contribution in [3.8, 4) is 0 Å². The highest BCUT2D eigenvalue weighted by Gasteiger charge is 2.19. The van der Waals surface area contributed by atoms with Crippen LogP contribution < -0.4 is 5.32 Å². The average molecular weight is 313 g/mol. The minimum atomic E-state index is 0.125. The second kappa shape index (κ2) is 5.62. The zero-order chi connectivity index (χ0) is 13.1. The lowest BCUT2D eigenvalue weighted by molar-refractivity contribution is 0.546. The molecular formula is C11H17BrN6. The van der Waals surface area contributed by atoms with Crippen LogP contribution in [0, 0.1) is 0 Å². The lowest BCUT2D eigenvalue weighted by Gasteiger charge is -2.13. The molecule has 0 saturated heterocycles. The van der Waals surface area contributed by atoms with Gasteiger partial charge in [0.1, 0.15) is 0 Å². The zero-order valence-electron chi connectivity index (χ0n) is 10.7. The summed E-state index contributed by atoms with van der Waals surface area (Å²) < 4.78 is 3.02. The molecule has 2 rings (SSSR count). The first-order valence-corrected chi connectivity index (χ1v) is 6.69. The van der Waals surface area contributed by atoms with E-state index in [0.29, 0.717) is 0 Å². The van der Waals surface area contributed by atoms with Gasteiger partial charge in [0.2, 0.25) is 0 Å². The van der Waals surface area contributed by atoms with Gasteiger partial charge in [-0.3, -0.25) is 4.68 Å². The molecule has 2 heterocycles. The van der Waals surface area contributed by atoms with Gasteiger partial charge in [0.15, 0.2) is 0 Å². The monoisotopic (exact) mass is 312 g/mol. The van der Waals surface area contributed by atoms with Gasteiger partial charge < -0.3 is 5.32 Å². The van der Waals surface area contributed by atoms with E-state index in [1.54, 1.807) is 6.20 Å². The van der Waals surface area contributed by atoms with Gasteiger partial charge in [-0.2, -0.15) is 20.5 Å². The number of rotatable bonds is 5. The molecule has 2 aromatic rings. The van der Waals surface area contributed by atoms with Gasteiger partial charge in [0, 0.05) is 13.5 Å². The van der Waals surface area contributed by atoms with Gasteiger partial charge in [-0.05, 0) is 29.4 Å². The number of aromatic amines is 1. The number of hydrogen-bond donors (Lipinski definition) is 2. The fourth-order valence-corrected chi connectivity index (χ4v) is 2.75. The topological polar surface area (TPSA) is 71.4 Å². The van der Waals surface area contributed by atoms with E-state index in [0.717, 1.165) is 34.4 Å². The van der Waals surface area contributed by atoms with Gasteiger partial charge >= 0.3 is 0 Å². The number of nitrogens with zero attached hydrogens (tertiary/aromatic N) is 4. The molecule has 0 aliphatic rings. The predicted molar refractivity (Wildman–Crippen MR) is 72.2 cm³/mol. The van der Waals surface area contributed by atoms with E-state index in [1.807, 2.05) is 18.8 Å². The third kappa shape index (κ3) is 2.46. The normalized spacial score (nSPS) is 12.9. The van der Waals surface area contributed by atoms with E-state index in [1.165, 1.54) is 0 Å². The Morgan fingerprint density at radius 2 is 2.33 bits per heavy atom. The molecule has 0 aromatic carbocycles. The number of hydrogen-bond acceptors (Lipinski definition) is 4. The van der Waals surface area contributed by atoms with Crippen LogP contribution in [-0.2, 0) is 19.9 Å². The van der Waals surface area contributed by atoms with Crippen LogP contribution in [0.15, 0.2) is 10.7 Å². The molecule has 18 heavy (non-hydrogen) atoms. The van der Waals surface area contributed by atoms with Crippen LogP contribution in [0.4, 0.5) is 0 Å². The molecule has 7 heteroatoms. The summed E-state index contributed by atoms with van der Waals surface area (Å²) in [7, 11) is 3.89. The van der Waals surface area contributed by atoms with E-state index in [4.69, 9.17) is 0 Å². The van der Waals surface area contributed by atoms with E-state index in [2.05, 4.69) is 48.7 Å². The highest BCUT2D eigenvalue weighted by Crippen LogP contribution is 2.25. The fourth-order valence-electron chi connectivity index (χ4n) is 1.97. The largest absolute Gasteiger partial charge is 0.311 e. The molecule has 0 saturated carbocycles. The molecule has 2 aromatic heterocycles. The van der Waals surface area contributed by atoms with Crippen LogP contribution in [0.25, 0.3) is 0 Å². The smallest absolute Gasteiger partial charge is 0.0997 e. The van der Waals surface area contributed by atoms with Crippen molar-refractivity contribution in [2.24, 2.45) is 7.05 Å². The maximum Gasteiger partial charge on any atom is 0.0997 e. The van der Waals surface area contributed by atoms with Gasteiger partial charge in [-0.15, -0.1) is 0 Å². The first-order valence-electron chi connectivity index (χ1n) is 5.90. The van der Waals surface area contributed by atoms with Crippen LogP contribution in [0.5, 0.6) is 0 Å². The Bertz CT molecular complexity index is 504. The number of H-pyrrole nitrogens is 1. The van der Waals surface area contributed by atoms with E-state index >= 15 is 0 Å². The quantitative estimate of drug-likeness (QED) is 0.874. The number of likely N-dealkylation sites (N-methyl/N-ethyl adjacent to an activating group) is 1. The molecule has 0 aliphatic heterocycles. The summed E-state index contributed by atoms with van der Waals surface area (Å²) in [6.07, 6.45) is 3.47. The van der Waals surface area contributed by atoms with Crippen molar-refractivity contribution in [1.82, 2.24) is 30.5 Å². The number of halogens is 1. The Morgan fingerprint density at radius 1 is 1.56 bits per heavy atom. The molecule has 0 radical (unpaired) electrons. The SMILES string of the molecule is CCc1nn(C)c(CC(NC)c2cn[nH]n2)c1Br. The lowest BCUT2D eigenvalue weighted by Crippen LogP contribution is -2.20. The summed E-state index contributed by atoms with van der Waals surface area (Å²) in [4.78, 5) is 0. The standard InChI is InChI=1S/C11H17BrN6/c1-4-7-11(12)10(18(3)16-7)5-8(13-2)9-6-14-17-15-9/h6,8,13H,4-5H2,1-3H3,(H,14,15,17). The third-order valence-electron chi connectivity index (χ3n) is 3.04. The molecule has 0 fully saturated rings. The average Bonchev–Trinajstić information content (AvgIpc) is 2.97. The van der Waals surface area contributed by atoms with Gasteiger partial charge in [0.05, 0.1) is 33.8 Å². The number of aryl methyl sites for hydroxylation is 2. The molecule has 1 unspecified atom stereocenters. The van der Waals surface area contributed by atoms with Crippen molar-refractivity contribution in [2.75, 3.05) is 7.05 Å². The van der Waals surface area contributed by atoms with Crippen molar-refractivity contribution in [3.05, 3.63) is 27.8 Å². The Balaban J connectivity index is 2.25. The molecular weight excluding hydrogens is 296 g/mol. The molecule has 0 bridgehead atoms.